The molecule has 1 fully saturated rings. The normalized spacial score (nSPS) is 20.6. The van der Waals surface area contributed by atoms with Gasteiger partial charge in [-0.3, -0.25) is 0 Å². The standard InChI is InChI=1S/C10H17N3O3S/c1-14-3-2-11-6-9-12-10(13-16-9)8-7-17-5-4-15-8/h8,11H,2-7H2,1H3. The molecule has 17 heavy (non-hydrogen) atoms. The van der Waals surface area contributed by atoms with Gasteiger partial charge < -0.3 is 19.3 Å². The molecule has 7 heteroatoms. The fourth-order valence-corrected chi connectivity index (χ4v) is 2.32. The van der Waals surface area contributed by atoms with E-state index in [2.05, 4.69) is 15.5 Å². The molecule has 0 amide bonds. The van der Waals surface area contributed by atoms with Crippen molar-refractivity contribution in [3.63, 3.8) is 0 Å². The van der Waals surface area contributed by atoms with E-state index in [1.54, 1.807) is 7.11 Å². The van der Waals surface area contributed by atoms with Gasteiger partial charge in [-0.15, -0.1) is 0 Å². The first-order valence-corrected chi connectivity index (χ1v) is 6.77. The minimum Gasteiger partial charge on any atom is -0.383 e. The summed E-state index contributed by atoms with van der Waals surface area (Å²) < 4.78 is 15.6. The number of nitrogens with zero attached hydrogens (tertiary/aromatic N) is 2. The van der Waals surface area contributed by atoms with Crippen LogP contribution in [0.3, 0.4) is 0 Å². The molecule has 0 radical (unpaired) electrons. The van der Waals surface area contributed by atoms with Gasteiger partial charge in [0.2, 0.25) is 11.7 Å². The highest BCUT2D eigenvalue weighted by Crippen LogP contribution is 2.24. The van der Waals surface area contributed by atoms with Crippen LogP contribution in [0.5, 0.6) is 0 Å². The van der Waals surface area contributed by atoms with Crippen molar-refractivity contribution in [2.45, 2.75) is 12.6 Å². The first kappa shape index (κ1) is 12.8. The highest BCUT2D eigenvalue weighted by atomic mass is 32.2. The number of nitrogens with one attached hydrogen (secondary N) is 1. The maximum Gasteiger partial charge on any atom is 0.240 e. The zero-order chi connectivity index (χ0) is 11.9. The molecule has 1 aromatic heterocycles. The molecule has 0 bridgehead atoms. The number of methoxy groups -OCH3 is 1. The first-order valence-electron chi connectivity index (χ1n) is 5.61. The second-order valence-corrected chi connectivity index (χ2v) is 4.80. The summed E-state index contributed by atoms with van der Waals surface area (Å²) in [6, 6.07) is 0. The van der Waals surface area contributed by atoms with Crippen molar-refractivity contribution in [3.8, 4) is 0 Å². The van der Waals surface area contributed by atoms with Crippen LogP contribution >= 0.6 is 11.8 Å². The minimum atomic E-state index is -0.0229. The third-order valence-corrected chi connectivity index (χ3v) is 3.34. The van der Waals surface area contributed by atoms with Gasteiger partial charge in [0.15, 0.2) is 0 Å². The van der Waals surface area contributed by atoms with Crippen LogP contribution < -0.4 is 5.32 Å². The predicted octanol–water partition coefficient (Wildman–Crippen LogP) is 0.610. The molecule has 2 heterocycles. The molecule has 0 spiro atoms. The topological polar surface area (TPSA) is 69.4 Å². The van der Waals surface area contributed by atoms with Crippen molar-refractivity contribution in [2.24, 2.45) is 0 Å². The van der Waals surface area contributed by atoms with Crippen LogP contribution in [0.1, 0.15) is 17.8 Å². The lowest BCUT2D eigenvalue weighted by Gasteiger charge is -2.18. The number of hydrogen-bond donors (Lipinski definition) is 1. The van der Waals surface area contributed by atoms with Gasteiger partial charge in [-0.25, -0.2) is 0 Å². The molecule has 1 N–H and O–H groups in total. The highest BCUT2D eigenvalue weighted by molar-refractivity contribution is 7.99. The second kappa shape index (κ2) is 6.95. The summed E-state index contributed by atoms with van der Waals surface area (Å²) in [5.41, 5.74) is 0. The Morgan fingerprint density at radius 1 is 1.59 bits per heavy atom. The van der Waals surface area contributed by atoms with Gasteiger partial charge in [0, 0.05) is 25.2 Å². The largest absolute Gasteiger partial charge is 0.383 e. The molecule has 6 nitrogen and oxygen atoms in total. The maximum atomic E-state index is 5.57. The number of thioether (sulfide) groups is 1. The number of hydrogen-bond acceptors (Lipinski definition) is 7. The van der Waals surface area contributed by atoms with E-state index in [0.717, 1.165) is 24.7 Å². The molecule has 1 aliphatic heterocycles. The van der Waals surface area contributed by atoms with Crippen LogP contribution in [0.25, 0.3) is 0 Å². The van der Waals surface area contributed by atoms with E-state index in [1.165, 1.54) is 0 Å². The molecule has 1 aliphatic rings. The van der Waals surface area contributed by atoms with Gasteiger partial charge in [0.05, 0.1) is 19.8 Å². The van der Waals surface area contributed by atoms with E-state index in [1.807, 2.05) is 11.8 Å². The molecule has 96 valence electrons. The SMILES string of the molecule is COCCNCc1nc(C2CSCCO2)no1. The zero-order valence-corrected chi connectivity index (χ0v) is 10.7. The van der Waals surface area contributed by atoms with Crippen LogP contribution in [0, 0.1) is 0 Å². The van der Waals surface area contributed by atoms with Crippen molar-refractivity contribution < 1.29 is 14.0 Å². The summed E-state index contributed by atoms with van der Waals surface area (Å²) in [7, 11) is 1.67. The smallest absolute Gasteiger partial charge is 0.240 e. The summed E-state index contributed by atoms with van der Waals surface area (Å²) >= 11 is 1.85. The molecule has 1 unspecified atom stereocenters. The monoisotopic (exact) mass is 259 g/mol. The Morgan fingerprint density at radius 3 is 3.29 bits per heavy atom. The third kappa shape index (κ3) is 3.95. The van der Waals surface area contributed by atoms with Gasteiger partial charge in [-0.05, 0) is 0 Å². The average Bonchev–Trinajstić information content (AvgIpc) is 2.85. The Hall–Kier alpha value is -0.630. The van der Waals surface area contributed by atoms with E-state index >= 15 is 0 Å². The second-order valence-electron chi connectivity index (χ2n) is 3.65. The molecule has 0 aromatic carbocycles. The van der Waals surface area contributed by atoms with E-state index < -0.39 is 0 Å². The Labute approximate surface area is 104 Å². The van der Waals surface area contributed by atoms with Crippen molar-refractivity contribution in [1.29, 1.82) is 0 Å². The van der Waals surface area contributed by atoms with Gasteiger partial charge in [-0.1, -0.05) is 5.16 Å². The fourth-order valence-electron chi connectivity index (χ4n) is 1.48. The van der Waals surface area contributed by atoms with Crippen LogP contribution in [0.4, 0.5) is 0 Å². The summed E-state index contributed by atoms with van der Waals surface area (Å²) in [6.07, 6.45) is -0.0229. The van der Waals surface area contributed by atoms with Crippen LogP contribution in [0.15, 0.2) is 4.52 Å². The molecular weight excluding hydrogens is 242 g/mol. The average molecular weight is 259 g/mol. The first-order chi connectivity index (χ1) is 8.40. The van der Waals surface area contributed by atoms with E-state index in [4.69, 9.17) is 14.0 Å². The van der Waals surface area contributed by atoms with Gasteiger partial charge in [-0.2, -0.15) is 16.7 Å². The molecule has 1 saturated heterocycles. The predicted molar refractivity (Wildman–Crippen MR) is 63.9 cm³/mol. The van der Waals surface area contributed by atoms with Gasteiger partial charge >= 0.3 is 0 Å². The Bertz CT molecular complexity index is 328. The number of aromatic nitrogens is 2. The lowest BCUT2D eigenvalue weighted by atomic mass is 10.4. The summed E-state index contributed by atoms with van der Waals surface area (Å²) in [5, 5.41) is 7.09. The zero-order valence-electron chi connectivity index (χ0n) is 9.85. The van der Waals surface area contributed by atoms with E-state index in [9.17, 15) is 0 Å². The summed E-state index contributed by atoms with van der Waals surface area (Å²) in [5.74, 6) is 3.19. The summed E-state index contributed by atoms with van der Waals surface area (Å²) in [6.45, 7) is 2.76. The molecular formula is C10H17N3O3S. The number of ether oxygens (including phenoxy) is 2. The molecule has 1 aromatic rings. The molecule has 1 atom stereocenters. The number of rotatable bonds is 6. The third-order valence-electron chi connectivity index (χ3n) is 2.35. The van der Waals surface area contributed by atoms with Crippen LogP contribution in [-0.4, -0.2) is 48.5 Å². The Kier molecular flexibility index (Phi) is 5.24. The van der Waals surface area contributed by atoms with Crippen molar-refractivity contribution >= 4 is 11.8 Å². The van der Waals surface area contributed by atoms with Gasteiger partial charge in [0.1, 0.15) is 6.10 Å². The van der Waals surface area contributed by atoms with E-state index in [0.29, 0.717) is 24.9 Å². The lowest BCUT2D eigenvalue weighted by molar-refractivity contribution is 0.0677. The Balaban J connectivity index is 1.78. The summed E-state index contributed by atoms with van der Waals surface area (Å²) in [4.78, 5) is 4.31. The van der Waals surface area contributed by atoms with Crippen LogP contribution in [-0.2, 0) is 16.0 Å². The van der Waals surface area contributed by atoms with Crippen molar-refractivity contribution in [2.75, 3.05) is 38.4 Å². The highest BCUT2D eigenvalue weighted by Gasteiger charge is 2.21. The van der Waals surface area contributed by atoms with Crippen LogP contribution in [0.2, 0.25) is 0 Å². The fraction of sp³-hybridized carbons (Fsp3) is 0.800. The van der Waals surface area contributed by atoms with Crippen molar-refractivity contribution in [3.05, 3.63) is 11.7 Å². The molecule has 0 saturated carbocycles. The van der Waals surface area contributed by atoms with E-state index in [-0.39, 0.29) is 6.10 Å². The van der Waals surface area contributed by atoms with Gasteiger partial charge in [0.25, 0.3) is 0 Å². The lowest BCUT2D eigenvalue weighted by Crippen LogP contribution is -2.19. The van der Waals surface area contributed by atoms with Crippen molar-refractivity contribution in [1.82, 2.24) is 15.5 Å². The molecule has 0 aliphatic carbocycles. The Morgan fingerprint density at radius 2 is 2.53 bits per heavy atom. The minimum absolute atomic E-state index is 0.0229. The maximum absolute atomic E-state index is 5.57. The molecule has 2 rings (SSSR count). The quantitative estimate of drug-likeness (QED) is 0.750.